The Morgan fingerprint density at radius 1 is 1.28 bits per heavy atom. The van der Waals surface area contributed by atoms with Gasteiger partial charge in [-0.15, -0.1) is 0 Å². The normalized spacial score (nSPS) is 22.7. The Morgan fingerprint density at radius 3 is 2.72 bits per heavy atom. The lowest BCUT2D eigenvalue weighted by atomic mass is 10.0. The maximum atomic E-state index is 11.8. The number of ether oxygens (including phenoxy) is 1. The third-order valence-corrected chi connectivity index (χ3v) is 5.67. The molecule has 0 aromatic heterocycles. The number of hydrogen-bond donors (Lipinski definition) is 2. The van der Waals surface area contributed by atoms with Crippen LogP contribution in [-0.2, 0) is 9.30 Å². The fourth-order valence-electron chi connectivity index (χ4n) is 3.14. The molecule has 1 fully saturated rings. The minimum absolute atomic E-state index is 0.0332. The fraction of sp³-hybridized carbons (Fsp3) is 0.316. The molecular weight excluding hydrogens is 335 g/mol. The number of nitrogens with zero attached hydrogens (tertiary/aromatic N) is 1. The van der Waals surface area contributed by atoms with Crippen molar-refractivity contribution in [3.05, 3.63) is 71.3 Å². The summed E-state index contributed by atoms with van der Waals surface area (Å²) in [7, 11) is -2.69. The molecule has 0 spiro atoms. The summed E-state index contributed by atoms with van der Waals surface area (Å²) in [5.74, 6) is 0. The number of nitriles is 1. The molecule has 0 radical (unpaired) electrons. The van der Waals surface area contributed by atoms with Gasteiger partial charge in [0.05, 0.1) is 36.0 Å². The Balaban J connectivity index is 1.62. The zero-order chi connectivity index (χ0) is 17.6. The van der Waals surface area contributed by atoms with Crippen molar-refractivity contribution < 1.29 is 14.2 Å². The van der Waals surface area contributed by atoms with Crippen LogP contribution in [-0.4, -0.2) is 24.1 Å². The monoisotopic (exact) mass is 356 g/mol. The maximum Gasteiger partial charge on any atom is 0.196 e. The van der Waals surface area contributed by atoms with Crippen molar-refractivity contribution in [3.8, 4) is 6.07 Å². The second kappa shape index (κ2) is 8.42. The van der Waals surface area contributed by atoms with Crippen LogP contribution in [0.4, 0.5) is 0 Å². The third-order valence-electron chi connectivity index (χ3n) is 4.51. The summed E-state index contributed by atoms with van der Waals surface area (Å²) >= 11 is 0. The van der Waals surface area contributed by atoms with E-state index in [0.29, 0.717) is 25.1 Å². The highest BCUT2D eigenvalue weighted by Crippen LogP contribution is 2.41. The van der Waals surface area contributed by atoms with Gasteiger partial charge in [-0.1, -0.05) is 42.5 Å². The van der Waals surface area contributed by atoms with Gasteiger partial charge in [0.15, 0.2) is 8.03 Å². The number of nitrogens with one attached hydrogen (secondary N) is 1. The zero-order valence-corrected chi connectivity index (χ0v) is 14.8. The Bertz CT molecular complexity index is 768. The first-order chi connectivity index (χ1) is 12.2. The predicted molar refractivity (Wildman–Crippen MR) is 96.7 cm³/mol. The van der Waals surface area contributed by atoms with E-state index in [0.717, 1.165) is 11.1 Å². The number of benzene rings is 2. The molecule has 1 heterocycles. The van der Waals surface area contributed by atoms with E-state index in [9.17, 15) is 9.46 Å². The summed E-state index contributed by atoms with van der Waals surface area (Å²) < 4.78 is 17.8. The SMILES string of the molecule is N#Cc1cccc(C2COC(CC(c3ccccc3)[PH](=O)O)CN2)c1. The van der Waals surface area contributed by atoms with E-state index in [1.807, 2.05) is 48.5 Å². The molecule has 1 aliphatic rings. The molecule has 0 bridgehead atoms. The van der Waals surface area contributed by atoms with Gasteiger partial charge in [0.25, 0.3) is 0 Å². The Hall–Kier alpha value is -1.96. The van der Waals surface area contributed by atoms with Crippen LogP contribution in [0.5, 0.6) is 0 Å². The van der Waals surface area contributed by atoms with Gasteiger partial charge in [0.1, 0.15) is 0 Å². The van der Waals surface area contributed by atoms with E-state index < -0.39 is 13.7 Å². The van der Waals surface area contributed by atoms with Crippen LogP contribution in [0.15, 0.2) is 54.6 Å². The molecule has 0 amide bonds. The highest BCUT2D eigenvalue weighted by molar-refractivity contribution is 7.38. The minimum atomic E-state index is -2.69. The van der Waals surface area contributed by atoms with Crippen LogP contribution in [0.25, 0.3) is 0 Å². The van der Waals surface area contributed by atoms with Crippen LogP contribution < -0.4 is 5.32 Å². The van der Waals surface area contributed by atoms with Gasteiger partial charge in [0.2, 0.25) is 0 Å². The molecule has 6 heteroatoms. The van der Waals surface area contributed by atoms with Crippen molar-refractivity contribution in [2.45, 2.75) is 24.2 Å². The molecular formula is C19H21N2O3P. The van der Waals surface area contributed by atoms with E-state index in [1.54, 1.807) is 6.07 Å². The average molecular weight is 356 g/mol. The first kappa shape index (κ1) is 17.8. The topological polar surface area (TPSA) is 82.3 Å². The van der Waals surface area contributed by atoms with Gasteiger partial charge in [-0.05, 0) is 29.7 Å². The van der Waals surface area contributed by atoms with Gasteiger partial charge in [-0.3, -0.25) is 4.57 Å². The predicted octanol–water partition coefficient (Wildman–Crippen LogP) is 3.19. The van der Waals surface area contributed by atoms with E-state index in [4.69, 9.17) is 10.00 Å². The first-order valence-corrected chi connectivity index (χ1v) is 9.73. The molecule has 1 saturated heterocycles. The molecule has 3 rings (SSSR count). The molecule has 130 valence electrons. The van der Waals surface area contributed by atoms with Crippen LogP contribution in [0.3, 0.4) is 0 Å². The van der Waals surface area contributed by atoms with Gasteiger partial charge >= 0.3 is 0 Å². The summed E-state index contributed by atoms with van der Waals surface area (Å²) in [5, 5.41) is 12.4. The summed E-state index contributed by atoms with van der Waals surface area (Å²) in [4.78, 5) is 9.72. The molecule has 2 N–H and O–H groups in total. The summed E-state index contributed by atoms with van der Waals surface area (Å²) in [6.07, 6.45) is 0.401. The van der Waals surface area contributed by atoms with Gasteiger partial charge in [0, 0.05) is 6.54 Å². The molecule has 0 aliphatic carbocycles. The molecule has 5 nitrogen and oxygen atoms in total. The number of hydrogen-bond acceptors (Lipinski definition) is 4. The van der Waals surface area contributed by atoms with E-state index in [2.05, 4.69) is 11.4 Å². The van der Waals surface area contributed by atoms with Gasteiger partial charge < -0.3 is 14.9 Å². The third kappa shape index (κ3) is 4.56. The van der Waals surface area contributed by atoms with Gasteiger partial charge in [-0.2, -0.15) is 5.26 Å². The van der Waals surface area contributed by atoms with Crippen LogP contribution in [0, 0.1) is 11.3 Å². The Morgan fingerprint density at radius 2 is 2.08 bits per heavy atom. The first-order valence-electron chi connectivity index (χ1n) is 8.30. The highest BCUT2D eigenvalue weighted by atomic mass is 31.1. The van der Waals surface area contributed by atoms with Crippen molar-refractivity contribution in [3.63, 3.8) is 0 Å². The van der Waals surface area contributed by atoms with Crippen molar-refractivity contribution in [1.82, 2.24) is 5.32 Å². The summed E-state index contributed by atoms with van der Waals surface area (Å²) in [6, 6.07) is 19.1. The standard InChI is InChI=1S/C19H21N2O3P/c20-11-14-5-4-8-16(9-14)18-13-24-17(12-21-18)10-19(25(22)23)15-6-2-1-3-7-15/h1-9,17-19,21,25H,10,12-13H2,(H,22,23). The molecule has 25 heavy (non-hydrogen) atoms. The smallest absolute Gasteiger partial charge is 0.196 e. The molecule has 1 aliphatic heterocycles. The van der Waals surface area contributed by atoms with Crippen molar-refractivity contribution in [1.29, 1.82) is 5.26 Å². The summed E-state index contributed by atoms with van der Waals surface area (Å²) in [6.45, 7) is 1.09. The van der Waals surface area contributed by atoms with Crippen molar-refractivity contribution in [2.75, 3.05) is 13.2 Å². The molecule has 2 aromatic carbocycles. The van der Waals surface area contributed by atoms with Crippen LogP contribution in [0.2, 0.25) is 0 Å². The second-order valence-electron chi connectivity index (χ2n) is 6.19. The van der Waals surface area contributed by atoms with Crippen LogP contribution in [0.1, 0.15) is 34.8 Å². The van der Waals surface area contributed by atoms with E-state index >= 15 is 0 Å². The van der Waals surface area contributed by atoms with Crippen molar-refractivity contribution in [2.24, 2.45) is 0 Å². The zero-order valence-electron chi connectivity index (χ0n) is 13.8. The lowest BCUT2D eigenvalue weighted by molar-refractivity contribution is -0.00145. The largest absolute Gasteiger partial charge is 0.375 e. The summed E-state index contributed by atoms with van der Waals surface area (Å²) in [5.41, 5.74) is 2.13. The highest BCUT2D eigenvalue weighted by Gasteiger charge is 2.27. The minimum Gasteiger partial charge on any atom is -0.375 e. The van der Waals surface area contributed by atoms with E-state index in [-0.39, 0.29) is 12.1 Å². The fourth-order valence-corrected chi connectivity index (χ4v) is 4.08. The lowest BCUT2D eigenvalue weighted by Crippen LogP contribution is -2.41. The molecule has 0 saturated carbocycles. The lowest BCUT2D eigenvalue weighted by Gasteiger charge is -2.32. The van der Waals surface area contributed by atoms with Gasteiger partial charge in [-0.25, -0.2) is 0 Å². The maximum absolute atomic E-state index is 11.8. The number of morpholine rings is 1. The molecule has 2 aromatic rings. The van der Waals surface area contributed by atoms with Crippen molar-refractivity contribution >= 4 is 8.03 Å². The van der Waals surface area contributed by atoms with Crippen LogP contribution >= 0.6 is 8.03 Å². The van der Waals surface area contributed by atoms with E-state index in [1.165, 1.54) is 0 Å². The number of rotatable bonds is 5. The molecule has 4 unspecified atom stereocenters. The quantitative estimate of drug-likeness (QED) is 0.804. The Kier molecular flexibility index (Phi) is 6.01. The molecule has 4 atom stereocenters. The average Bonchev–Trinajstić information content (AvgIpc) is 2.67. The second-order valence-corrected chi connectivity index (χ2v) is 7.56. The Labute approximate surface area is 148 Å².